The van der Waals surface area contributed by atoms with Crippen molar-refractivity contribution in [3.8, 4) is 0 Å². The second kappa shape index (κ2) is 3.72. The molecule has 6 heteroatoms. The van der Waals surface area contributed by atoms with Gasteiger partial charge < -0.3 is 0 Å². The van der Waals surface area contributed by atoms with E-state index in [1.165, 1.54) is 0 Å². The van der Waals surface area contributed by atoms with E-state index in [2.05, 4.69) is 6.58 Å². The molecular formula is C9H10F6. The summed E-state index contributed by atoms with van der Waals surface area (Å²) in [6.07, 6.45) is -10.8. The van der Waals surface area contributed by atoms with Gasteiger partial charge in [-0.05, 0) is 19.3 Å². The van der Waals surface area contributed by atoms with E-state index in [-0.39, 0.29) is 18.4 Å². The van der Waals surface area contributed by atoms with Crippen LogP contribution in [0.25, 0.3) is 0 Å². The Balaban J connectivity index is 2.77. The Hall–Kier alpha value is -0.680. The maximum absolute atomic E-state index is 12.3. The third kappa shape index (κ3) is 3.14. The van der Waals surface area contributed by atoms with E-state index in [9.17, 15) is 26.3 Å². The van der Waals surface area contributed by atoms with Crippen molar-refractivity contribution in [3.05, 3.63) is 12.2 Å². The topological polar surface area (TPSA) is 0 Å². The molecule has 0 spiro atoms. The molecule has 1 fully saturated rings. The summed E-state index contributed by atoms with van der Waals surface area (Å²) in [6, 6.07) is 0. The van der Waals surface area contributed by atoms with Gasteiger partial charge in [0.1, 0.15) is 0 Å². The van der Waals surface area contributed by atoms with Crippen molar-refractivity contribution in [3.63, 3.8) is 0 Å². The van der Waals surface area contributed by atoms with E-state index in [1.807, 2.05) is 0 Å². The van der Waals surface area contributed by atoms with Crippen molar-refractivity contribution < 1.29 is 26.3 Å². The van der Waals surface area contributed by atoms with Crippen LogP contribution in [0.15, 0.2) is 12.2 Å². The first-order chi connectivity index (χ1) is 6.60. The predicted octanol–water partition coefficient (Wildman–Crippen LogP) is 4.08. The highest BCUT2D eigenvalue weighted by atomic mass is 19.4. The average molecular weight is 232 g/mol. The molecule has 15 heavy (non-hydrogen) atoms. The van der Waals surface area contributed by atoms with Crippen LogP contribution < -0.4 is 0 Å². The maximum atomic E-state index is 12.3. The van der Waals surface area contributed by atoms with Crippen LogP contribution in [0, 0.1) is 11.8 Å². The molecule has 1 rings (SSSR count). The molecule has 0 saturated heterocycles. The molecule has 2 atom stereocenters. The summed E-state index contributed by atoms with van der Waals surface area (Å²) in [6.45, 7) is 3.24. The van der Waals surface area contributed by atoms with E-state index in [0.29, 0.717) is 0 Å². The highest BCUT2D eigenvalue weighted by Crippen LogP contribution is 2.46. The van der Waals surface area contributed by atoms with Gasteiger partial charge in [0.25, 0.3) is 0 Å². The van der Waals surface area contributed by atoms with Gasteiger partial charge in [-0.3, -0.25) is 0 Å². The van der Waals surface area contributed by atoms with Crippen molar-refractivity contribution in [1.29, 1.82) is 0 Å². The minimum absolute atomic E-state index is 0.0332. The van der Waals surface area contributed by atoms with Gasteiger partial charge in [-0.15, -0.1) is 0 Å². The Kier molecular flexibility index (Phi) is 3.07. The molecule has 0 aromatic rings. The second-order valence-corrected chi connectivity index (χ2v) is 3.87. The zero-order chi connectivity index (χ0) is 11.9. The zero-order valence-electron chi connectivity index (χ0n) is 7.75. The summed E-state index contributed by atoms with van der Waals surface area (Å²) in [5.41, 5.74) is 0.0332. The van der Waals surface area contributed by atoms with Crippen molar-refractivity contribution in [2.24, 2.45) is 11.8 Å². The maximum Gasteiger partial charge on any atom is 0.392 e. The molecule has 0 radical (unpaired) electrons. The first-order valence-electron chi connectivity index (χ1n) is 4.40. The van der Waals surface area contributed by atoms with Crippen LogP contribution in [-0.2, 0) is 0 Å². The van der Waals surface area contributed by atoms with E-state index in [0.717, 1.165) is 0 Å². The van der Waals surface area contributed by atoms with Gasteiger partial charge in [-0.1, -0.05) is 12.2 Å². The standard InChI is InChI=1S/C9H10F6/c1-5-2-6(8(10,11)12)4-7(3-5)9(13,14)15/h6-7H,1-4H2. The molecule has 2 unspecified atom stereocenters. The summed E-state index contributed by atoms with van der Waals surface area (Å²) in [5, 5.41) is 0. The molecule has 0 bridgehead atoms. The van der Waals surface area contributed by atoms with Crippen molar-refractivity contribution in [2.45, 2.75) is 31.6 Å². The fourth-order valence-electron chi connectivity index (χ4n) is 1.79. The minimum Gasteiger partial charge on any atom is -0.171 e. The highest BCUT2D eigenvalue weighted by molar-refractivity contribution is 5.04. The van der Waals surface area contributed by atoms with Crippen molar-refractivity contribution in [1.82, 2.24) is 0 Å². The Labute approximate surface area is 83.0 Å². The van der Waals surface area contributed by atoms with Crippen LogP contribution in [0.5, 0.6) is 0 Å². The average Bonchev–Trinajstić information content (AvgIpc) is 1.99. The normalized spacial score (nSPS) is 29.3. The molecule has 0 amide bonds. The van der Waals surface area contributed by atoms with Crippen molar-refractivity contribution >= 4 is 0 Å². The Morgan fingerprint density at radius 2 is 1.20 bits per heavy atom. The molecule has 0 heterocycles. The zero-order valence-corrected chi connectivity index (χ0v) is 7.75. The molecule has 0 aromatic carbocycles. The Morgan fingerprint density at radius 1 is 0.867 bits per heavy atom. The molecule has 1 aliphatic rings. The lowest BCUT2D eigenvalue weighted by Gasteiger charge is -2.32. The van der Waals surface area contributed by atoms with E-state index < -0.39 is 30.6 Å². The van der Waals surface area contributed by atoms with E-state index >= 15 is 0 Å². The molecule has 88 valence electrons. The number of halogens is 6. The number of alkyl halides is 6. The van der Waals surface area contributed by atoms with Gasteiger partial charge in [0.2, 0.25) is 0 Å². The summed E-state index contributed by atoms with van der Waals surface area (Å²) in [4.78, 5) is 0. The van der Waals surface area contributed by atoms with Gasteiger partial charge in [-0.25, -0.2) is 0 Å². The summed E-state index contributed by atoms with van der Waals surface area (Å²) in [7, 11) is 0. The van der Waals surface area contributed by atoms with Crippen molar-refractivity contribution in [2.75, 3.05) is 0 Å². The van der Waals surface area contributed by atoms with E-state index in [4.69, 9.17) is 0 Å². The minimum atomic E-state index is -4.56. The fraction of sp³-hybridized carbons (Fsp3) is 0.778. The molecule has 0 N–H and O–H groups in total. The van der Waals surface area contributed by atoms with Crippen LogP contribution in [0.2, 0.25) is 0 Å². The number of hydrogen-bond acceptors (Lipinski definition) is 0. The van der Waals surface area contributed by atoms with Crippen LogP contribution >= 0.6 is 0 Å². The highest BCUT2D eigenvalue weighted by Gasteiger charge is 2.50. The van der Waals surface area contributed by atoms with Gasteiger partial charge in [0, 0.05) is 0 Å². The summed E-state index contributed by atoms with van der Waals surface area (Å²) >= 11 is 0. The van der Waals surface area contributed by atoms with Gasteiger partial charge in [0.15, 0.2) is 0 Å². The lowest BCUT2D eigenvalue weighted by atomic mass is 9.78. The quantitative estimate of drug-likeness (QED) is 0.436. The smallest absolute Gasteiger partial charge is 0.171 e. The molecule has 0 aromatic heterocycles. The molecule has 1 saturated carbocycles. The van der Waals surface area contributed by atoms with Crippen LogP contribution in [0.1, 0.15) is 19.3 Å². The first-order valence-corrected chi connectivity index (χ1v) is 4.40. The molecule has 0 aliphatic heterocycles. The first kappa shape index (κ1) is 12.4. The third-order valence-electron chi connectivity index (χ3n) is 2.57. The largest absolute Gasteiger partial charge is 0.392 e. The summed E-state index contributed by atoms with van der Waals surface area (Å²) < 4.78 is 73.6. The lowest BCUT2D eigenvalue weighted by Crippen LogP contribution is -2.35. The SMILES string of the molecule is C=C1CC(C(F)(F)F)CC(C(F)(F)F)C1. The molecular weight excluding hydrogens is 222 g/mol. The third-order valence-corrected chi connectivity index (χ3v) is 2.57. The van der Waals surface area contributed by atoms with E-state index in [1.54, 1.807) is 0 Å². The number of hydrogen-bond donors (Lipinski definition) is 0. The van der Waals surface area contributed by atoms with Crippen LogP contribution in [0.4, 0.5) is 26.3 Å². The summed E-state index contributed by atoms with van der Waals surface area (Å²) in [5.74, 6) is -3.80. The fourth-order valence-corrected chi connectivity index (χ4v) is 1.79. The number of rotatable bonds is 0. The Morgan fingerprint density at radius 3 is 1.47 bits per heavy atom. The van der Waals surface area contributed by atoms with Gasteiger partial charge in [0.05, 0.1) is 11.8 Å². The second-order valence-electron chi connectivity index (χ2n) is 3.87. The van der Waals surface area contributed by atoms with Crippen LogP contribution in [-0.4, -0.2) is 12.4 Å². The van der Waals surface area contributed by atoms with Crippen LogP contribution in [0.3, 0.4) is 0 Å². The van der Waals surface area contributed by atoms with Gasteiger partial charge >= 0.3 is 12.4 Å². The molecule has 0 nitrogen and oxygen atoms in total. The monoisotopic (exact) mass is 232 g/mol. The lowest BCUT2D eigenvalue weighted by molar-refractivity contribution is -0.216. The molecule has 1 aliphatic carbocycles. The predicted molar refractivity (Wildman–Crippen MR) is 42.1 cm³/mol. The number of allylic oxidation sites excluding steroid dienone is 1. The Bertz CT molecular complexity index is 224. The van der Waals surface area contributed by atoms with Gasteiger partial charge in [-0.2, -0.15) is 26.3 Å².